The zero-order valence-corrected chi connectivity index (χ0v) is 30.9. The molecular weight excluding hydrogens is 731 g/mol. The molecule has 0 spiro atoms. The quantitative estimate of drug-likeness (QED) is 0.290. The van der Waals surface area contributed by atoms with Gasteiger partial charge in [0.1, 0.15) is 17.8 Å². The molecule has 6 heterocycles. The van der Waals surface area contributed by atoms with Gasteiger partial charge in [0.2, 0.25) is 5.91 Å². The van der Waals surface area contributed by atoms with Crippen molar-refractivity contribution in [2.75, 3.05) is 49.5 Å². The molecule has 0 bridgehead atoms. The lowest BCUT2D eigenvalue weighted by Gasteiger charge is -2.55. The molecule has 294 valence electrons. The number of nitrogens with one attached hydrogen (secondary N) is 2. The molecule has 14 nitrogen and oxygen atoms in total. The summed E-state index contributed by atoms with van der Waals surface area (Å²) in [6.07, 6.45) is 0.191. The van der Waals surface area contributed by atoms with Gasteiger partial charge in [0, 0.05) is 50.1 Å². The van der Waals surface area contributed by atoms with Crippen LogP contribution in [0.4, 0.5) is 24.5 Å². The van der Waals surface area contributed by atoms with E-state index in [9.17, 15) is 37.5 Å². The Morgan fingerprint density at radius 1 is 0.964 bits per heavy atom. The molecule has 4 fully saturated rings. The normalized spacial score (nSPS) is 23.1. The number of hydrogen-bond donors (Lipinski definition) is 3. The van der Waals surface area contributed by atoms with Crippen LogP contribution in [0.1, 0.15) is 82.9 Å². The SMILES string of the molecule is CC(C)(C(=O)Nc1ccc(C#N)c(C(F)(F)F)c1)n1cc(C2CCN(C3CN(C4CN(c5cccc6c5C(=O)N(C5CCC(O)NC5=O)C6=O)C4)C3)CC2)cn1. The van der Waals surface area contributed by atoms with Gasteiger partial charge in [-0.15, -0.1) is 0 Å². The van der Waals surface area contributed by atoms with Crippen LogP contribution in [0.3, 0.4) is 0 Å². The predicted octanol–water partition coefficient (Wildman–Crippen LogP) is 3.09. The third-order valence-corrected chi connectivity index (χ3v) is 12.1. The summed E-state index contributed by atoms with van der Waals surface area (Å²) >= 11 is 0. The first kappa shape index (κ1) is 37.6. The van der Waals surface area contributed by atoms with Crippen molar-refractivity contribution in [2.24, 2.45) is 0 Å². The predicted molar refractivity (Wildman–Crippen MR) is 195 cm³/mol. The minimum atomic E-state index is -4.74. The summed E-state index contributed by atoms with van der Waals surface area (Å²) < 4.78 is 41.9. The zero-order chi connectivity index (χ0) is 39.7. The number of nitrogens with zero attached hydrogens (tertiary/aromatic N) is 7. The Kier molecular flexibility index (Phi) is 9.41. The van der Waals surface area contributed by atoms with E-state index >= 15 is 0 Å². The monoisotopic (exact) mass is 773 g/mol. The van der Waals surface area contributed by atoms with Gasteiger partial charge in [-0.2, -0.15) is 23.5 Å². The molecule has 0 aliphatic carbocycles. The van der Waals surface area contributed by atoms with Crippen molar-refractivity contribution in [2.45, 2.75) is 81.5 Å². The first-order valence-corrected chi connectivity index (χ1v) is 18.8. The van der Waals surface area contributed by atoms with E-state index in [-0.39, 0.29) is 24.4 Å². The maximum absolute atomic E-state index is 13.6. The van der Waals surface area contributed by atoms with Gasteiger partial charge in [0.05, 0.1) is 40.2 Å². The average Bonchev–Trinajstić information content (AvgIpc) is 3.72. The van der Waals surface area contributed by atoms with Crippen LogP contribution in [0.2, 0.25) is 0 Å². The summed E-state index contributed by atoms with van der Waals surface area (Å²) in [6, 6.07) is 9.69. The fourth-order valence-electron chi connectivity index (χ4n) is 8.55. The van der Waals surface area contributed by atoms with Crippen LogP contribution in [-0.2, 0) is 21.3 Å². The van der Waals surface area contributed by atoms with Crippen LogP contribution in [-0.4, -0.2) is 117 Å². The number of halogens is 3. The first-order chi connectivity index (χ1) is 26.6. The molecule has 5 aliphatic heterocycles. The molecule has 8 rings (SSSR count). The van der Waals surface area contributed by atoms with Crippen molar-refractivity contribution in [1.29, 1.82) is 5.26 Å². The summed E-state index contributed by atoms with van der Waals surface area (Å²) in [5.74, 6) is -1.78. The maximum atomic E-state index is 13.6. The van der Waals surface area contributed by atoms with Crippen LogP contribution in [0, 0.1) is 11.3 Å². The highest BCUT2D eigenvalue weighted by molar-refractivity contribution is 6.25. The average molecular weight is 774 g/mol. The molecule has 2 atom stereocenters. The second kappa shape index (κ2) is 14.0. The Balaban J connectivity index is 0.813. The van der Waals surface area contributed by atoms with E-state index in [1.807, 2.05) is 12.3 Å². The molecule has 4 amide bonds. The number of likely N-dealkylation sites (tertiary alicyclic amines) is 2. The maximum Gasteiger partial charge on any atom is 0.417 e. The lowest BCUT2D eigenvalue weighted by molar-refractivity contribution is -0.137. The van der Waals surface area contributed by atoms with Crippen molar-refractivity contribution in [3.8, 4) is 6.07 Å². The van der Waals surface area contributed by atoms with Crippen molar-refractivity contribution < 1.29 is 37.5 Å². The summed E-state index contributed by atoms with van der Waals surface area (Å²) in [5, 5.41) is 28.3. The van der Waals surface area contributed by atoms with Gasteiger partial charge in [-0.3, -0.25) is 38.6 Å². The number of anilines is 2. The highest BCUT2D eigenvalue weighted by Crippen LogP contribution is 2.39. The highest BCUT2D eigenvalue weighted by Gasteiger charge is 2.48. The largest absolute Gasteiger partial charge is 0.417 e. The fourth-order valence-corrected chi connectivity index (χ4v) is 8.55. The molecule has 4 saturated heterocycles. The summed E-state index contributed by atoms with van der Waals surface area (Å²) in [4.78, 5) is 60.8. The minimum Gasteiger partial charge on any atom is -0.374 e. The molecule has 17 heteroatoms. The Bertz CT molecular complexity index is 2130. The van der Waals surface area contributed by atoms with Gasteiger partial charge in [0.15, 0.2) is 0 Å². The van der Waals surface area contributed by atoms with Crippen LogP contribution < -0.4 is 15.5 Å². The van der Waals surface area contributed by atoms with E-state index in [1.165, 1.54) is 6.07 Å². The summed E-state index contributed by atoms with van der Waals surface area (Å²) in [6.45, 7) is 8.45. The molecule has 2 unspecified atom stereocenters. The van der Waals surface area contributed by atoms with Gasteiger partial charge >= 0.3 is 6.18 Å². The van der Waals surface area contributed by atoms with Crippen molar-refractivity contribution in [1.82, 2.24) is 29.8 Å². The van der Waals surface area contributed by atoms with E-state index in [0.29, 0.717) is 28.9 Å². The Hall–Kier alpha value is -5.31. The Morgan fingerprint density at radius 3 is 2.36 bits per heavy atom. The van der Waals surface area contributed by atoms with Gasteiger partial charge in [0.25, 0.3) is 17.7 Å². The number of rotatable bonds is 8. The van der Waals surface area contributed by atoms with Crippen LogP contribution >= 0.6 is 0 Å². The molecule has 0 radical (unpaired) electrons. The standard InChI is InChI=1S/C39H42F3N9O5/c1-38(2,37(56)45-25-7-6-23(15-43)29(14-25)39(40,41)42)50-17-24(16-44-50)22-10-12-47(13-11-22)26-18-48(19-26)27-20-49(21-27)30-5-3-4-28-33(30)36(55)51(35(28)54)31-8-9-32(52)46-34(31)53/h3-7,14,16-17,22,26-27,31-32,52H,8-13,18-21H2,1-2H3,(H,45,56)(H,46,53). The number of imide groups is 1. The number of hydrogen-bond acceptors (Lipinski definition) is 10. The fraction of sp³-hybridized carbons (Fsp3) is 0.487. The zero-order valence-electron chi connectivity index (χ0n) is 30.9. The third-order valence-electron chi connectivity index (χ3n) is 12.1. The van der Waals surface area contributed by atoms with Gasteiger partial charge in [-0.1, -0.05) is 6.07 Å². The molecule has 5 aliphatic rings. The summed E-state index contributed by atoms with van der Waals surface area (Å²) in [5.41, 5.74) is -0.552. The molecular formula is C39H42F3N9O5. The topological polar surface area (TPSA) is 167 Å². The Morgan fingerprint density at radius 2 is 1.68 bits per heavy atom. The molecule has 0 saturated carbocycles. The molecule has 56 heavy (non-hydrogen) atoms. The highest BCUT2D eigenvalue weighted by atomic mass is 19.4. The first-order valence-electron chi connectivity index (χ1n) is 18.8. The second-order valence-electron chi connectivity index (χ2n) is 15.9. The number of alkyl halides is 3. The summed E-state index contributed by atoms with van der Waals surface area (Å²) in [7, 11) is 0. The molecule has 3 N–H and O–H groups in total. The smallest absolute Gasteiger partial charge is 0.374 e. The van der Waals surface area contributed by atoms with Crippen LogP contribution in [0.5, 0.6) is 0 Å². The third kappa shape index (κ3) is 6.58. The lowest BCUT2D eigenvalue weighted by atomic mass is 9.89. The number of benzene rings is 2. The number of aliphatic hydroxyl groups is 1. The Labute approximate surface area is 320 Å². The number of carbonyl (C=O) groups is 4. The van der Waals surface area contributed by atoms with E-state index in [4.69, 9.17) is 5.26 Å². The number of nitriles is 1. The van der Waals surface area contributed by atoms with Gasteiger partial charge in [-0.25, -0.2) is 0 Å². The molecule has 2 aromatic carbocycles. The number of fused-ring (bicyclic) bond motifs is 1. The van der Waals surface area contributed by atoms with E-state index in [1.54, 1.807) is 42.9 Å². The van der Waals surface area contributed by atoms with E-state index < -0.39 is 58.7 Å². The second-order valence-corrected chi connectivity index (χ2v) is 15.9. The van der Waals surface area contributed by atoms with Crippen molar-refractivity contribution >= 4 is 35.0 Å². The van der Waals surface area contributed by atoms with E-state index in [2.05, 4.69) is 30.4 Å². The number of aliphatic hydroxyl groups excluding tert-OH is 1. The number of piperidine rings is 2. The van der Waals surface area contributed by atoms with Gasteiger partial charge < -0.3 is 20.6 Å². The minimum absolute atomic E-state index is 0.0610. The number of amides is 4. The van der Waals surface area contributed by atoms with Crippen molar-refractivity contribution in [3.05, 3.63) is 76.6 Å². The number of aromatic nitrogens is 2. The number of carbonyl (C=O) groups excluding carboxylic acids is 4. The van der Waals surface area contributed by atoms with Gasteiger partial charge in [-0.05, 0) is 94.4 Å². The molecule has 1 aromatic heterocycles. The van der Waals surface area contributed by atoms with E-state index in [0.717, 1.165) is 74.7 Å². The molecule has 3 aromatic rings. The van der Waals surface area contributed by atoms with Crippen LogP contribution in [0.15, 0.2) is 48.8 Å². The van der Waals surface area contributed by atoms with Crippen LogP contribution in [0.25, 0.3) is 0 Å². The lowest BCUT2D eigenvalue weighted by Crippen LogP contribution is -2.70. The van der Waals surface area contributed by atoms with Crippen molar-refractivity contribution in [3.63, 3.8) is 0 Å².